The van der Waals surface area contributed by atoms with Crippen molar-refractivity contribution in [2.24, 2.45) is 0 Å². The lowest BCUT2D eigenvalue weighted by molar-refractivity contribution is 0.587. The first-order valence-electron chi connectivity index (χ1n) is 6.06. The zero-order chi connectivity index (χ0) is 20.0. The number of halogens is 1. The van der Waals surface area contributed by atoms with Gasteiger partial charge in [0.25, 0.3) is 0 Å². The quantitative estimate of drug-likeness (QED) is 0.528. The molecule has 10 nitrogen and oxygen atoms in total. The molecule has 0 aromatic heterocycles. The molecule has 0 radical (unpaired) electrons. The van der Waals surface area contributed by atoms with E-state index in [1.807, 2.05) is 0 Å². The van der Waals surface area contributed by atoms with E-state index >= 15 is 0 Å². The Labute approximate surface area is 155 Å². The Morgan fingerprint density at radius 3 is 1.04 bits per heavy atom. The molecule has 0 aliphatic rings. The SMILES string of the molecule is CS(=O)(=O)N(c1cc(Br)cc(N(S(C)(=O)=O)S(C)(=O)=O)c1)S(C)(=O)=O. The van der Waals surface area contributed by atoms with Gasteiger partial charge in [0.1, 0.15) is 0 Å². The molecule has 0 heterocycles. The van der Waals surface area contributed by atoms with Crippen LogP contribution in [0.5, 0.6) is 0 Å². The average Bonchev–Trinajstić information content (AvgIpc) is 2.17. The van der Waals surface area contributed by atoms with E-state index in [-0.39, 0.29) is 11.9 Å². The molecule has 0 aliphatic heterocycles. The van der Waals surface area contributed by atoms with Gasteiger partial charge in [-0.1, -0.05) is 15.9 Å². The molecule has 0 bridgehead atoms. The third-order valence-electron chi connectivity index (χ3n) is 2.49. The summed E-state index contributed by atoms with van der Waals surface area (Å²) in [7, 11) is -17.2. The Balaban J connectivity index is 3.89. The van der Waals surface area contributed by atoms with Gasteiger partial charge in [0.2, 0.25) is 40.1 Å². The molecule has 15 heteroatoms. The summed E-state index contributed by atoms with van der Waals surface area (Å²) in [4.78, 5) is 0. The molecule has 1 aromatic rings. The maximum absolute atomic E-state index is 11.8. The lowest BCUT2D eigenvalue weighted by atomic mass is 10.3. The molecule has 1 aromatic carbocycles. The van der Waals surface area contributed by atoms with Gasteiger partial charge in [-0.05, 0) is 18.2 Å². The maximum Gasteiger partial charge on any atom is 0.245 e. The largest absolute Gasteiger partial charge is 0.245 e. The second-order valence-electron chi connectivity index (χ2n) is 5.11. The van der Waals surface area contributed by atoms with Gasteiger partial charge in [0.15, 0.2) is 0 Å². The minimum Gasteiger partial charge on any atom is -0.206 e. The van der Waals surface area contributed by atoms with E-state index in [0.29, 0.717) is 25.0 Å². The van der Waals surface area contributed by atoms with Crippen LogP contribution in [0.1, 0.15) is 0 Å². The second kappa shape index (κ2) is 6.68. The predicted octanol–water partition coefficient (Wildman–Crippen LogP) is -0.0997. The van der Waals surface area contributed by atoms with Crippen molar-refractivity contribution in [1.29, 1.82) is 0 Å². The van der Waals surface area contributed by atoms with Gasteiger partial charge in [-0.3, -0.25) is 0 Å². The highest BCUT2D eigenvalue weighted by molar-refractivity contribution is 9.10. The topological polar surface area (TPSA) is 143 Å². The molecule has 0 spiro atoms. The summed E-state index contributed by atoms with van der Waals surface area (Å²) < 4.78 is 95.0. The molecule has 0 fully saturated rings. The smallest absolute Gasteiger partial charge is 0.206 e. The Kier molecular flexibility index (Phi) is 5.92. The minimum atomic E-state index is -4.30. The van der Waals surface area contributed by atoms with Crippen LogP contribution in [-0.2, 0) is 40.1 Å². The van der Waals surface area contributed by atoms with E-state index in [9.17, 15) is 33.7 Å². The van der Waals surface area contributed by atoms with Crippen LogP contribution >= 0.6 is 15.9 Å². The molecule has 0 aliphatic carbocycles. The van der Waals surface area contributed by atoms with Gasteiger partial charge < -0.3 is 0 Å². The summed E-state index contributed by atoms with van der Waals surface area (Å²) in [6, 6.07) is 3.01. The van der Waals surface area contributed by atoms with Crippen molar-refractivity contribution in [1.82, 2.24) is 0 Å². The van der Waals surface area contributed by atoms with E-state index in [2.05, 4.69) is 15.9 Å². The highest BCUT2D eigenvalue weighted by Crippen LogP contribution is 2.33. The molecule has 0 N–H and O–H groups in total. The molecule has 0 saturated carbocycles. The Bertz CT molecular complexity index is 957. The van der Waals surface area contributed by atoms with Gasteiger partial charge in [-0.2, -0.15) is 7.42 Å². The van der Waals surface area contributed by atoms with Crippen molar-refractivity contribution in [3.05, 3.63) is 22.7 Å². The first kappa shape index (κ1) is 22.1. The maximum atomic E-state index is 11.8. The number of hydrogen-bond donors (Lipinski definition) is 0. The van der Waals surface area contributed by atoms with E-state index < -0.39 is 51.5 Å². The van der Waals surface area contributed by atoms with Crippen LogP contribution in [0, 0.1) is 0 Å². The van der Waals surface area contributed by atoms with Gasteiger partial charge in [0.05, 0.1) is 36.4 Å². The summed E-state index contributed by atoms with van der Waals surface area (Å²) in [5.41, 5.74) is -0.904. The summed E-state index contributed by atoms with van der Waals surface area (Å²) >= 11 is 2.98. The fraction of sp³-hybridized carbons (Fsp3) is 0.400. The standard InChI is InChI=1S/C10H15BrN2O8S4/c1-22(14,15)12(23(2,16)17)9-5-8(11)6-10(7-9)13(24(3,18)19)25(4,20)21/h5-7H,1-4H3. The zero-order valence-corrected chi connectivity index (χ0v) is 18.3. The van der Waals surface area contributed by atoms with E-state index in [4.69, 9.17) is 0 Å². The van der Waals surface area contributed by atoms with Crippen LogP contribution in [0.25, 0.3) is 0 Å². The molecular formula is C10H15BrN2O8S4. The molecule has 0 saturated heterocycles. The fourth-order valence-corrected chi connectivity index (χ4v) is 8.39. The Morgan fingerprint density at radius 1 is 0.600 bits per heavy atom. The van der Waals surface area contributed by atoms with Crippen molar-refractivity contribution < 1.29 is 33.7 Å². The monoisotopic (exact) mass is 498 g/mol. The van der Waals surface area contributed by atoms with E-state index in [0.717, 1.165) is 18.2 Å². The molecule has 0 amide bonds. The Morgan fingerprint density at radius 2 is 0.840 bits per heavy atom. The third kappa shape index (κ3) is 5.54. The summed E-state index contributed by atoms with van der Waals surface area (Å²) in [6.07, 6.45) is 2.55. The summed E-state index contributed by atoms with van der Waals surface area (Å²) in [6.45, 7) is 0. The molecular weight excluding hydrogens is 484 g/mol. The van der Waals surface area contributed by atoms with Crippen LogP contribution in [0.15, 0.2) is 22.7 Å². The van der Waals surface area contributed by atoms with Crippen molar-refractivity contribution in [3.63, 3.8) is 0 Å². The summed E-state index contributed by atoms with van der Waals surface area (Å²) in [5.74, 6) is 0. The van der Waals surface area contributed by atoms with Crippen LogP contribution in [-0.4, -0.2) is 58.7 Å². The lowest BCUT2D eigenvalue weighted by Gasteiger charge is -2.24. The van der Waals surface area contributed by atoms with Crippen LogP contribution in [0.2, 0.25) is 0 Å². The molecule has 144 valence electrons. The van der Waals surface area contributed by atoms with E-state index in [1.165, 1.54) is 0 Å². The molecule has 1 rings (SSSR count). The van der Waals surface area contributed by atoms with Crippen molar-refractivity contribution in [2.75, 3.05) is 32.4 Å². The number of anilines is 2. The lowest BCUT2D eigenvalue weighted by Crippen LogP contribution is -2.37. The second-order valence-corrected chi connectivity index (χ2v) is 13.8. The normalized spacial score (nSPS) is 13.5. The molecule has 0 atom stereocenters. The first-order chi connectivity index (χ1) is 10.8. The number of rotatable bonds is 6. The highest BCUT2D eigenvalue weighted by Gasteiger charge is 2.32. The van der Waals surface area contributed by atoms with Gasteiger partial charge in [0, 0.05) is 4.47 Å². The number of nitrogens with zero attached hydrogens (tertiary/aromatic N) is 2. The van der Waals surface area contributed by atoms with Crippen molar-refractivity contribution in [2.45, 2.75) is 0 Å². The van der Waals surface area contributed by atoms with E-state index in [1.54, 1.807) is 0 Å². The fourth-order valence-electron chi connectivity index (χ4n) is 2.03. The third-order valence-corrected chi connectivity index (χ3v) is 9.45. The average molecular weight is 499 g/mol. The number of sulfonamides is 4. The first-order valence-corrected chi connectivity index (χ1v) is 14.3. The zero-order valence-electron chi connectivity index (χ0n) is 13.4. The van der Waals surface area contributed by atoms with Crippen LogP contribution in [0.3, 0.4) is 0 Å². The number of benzene rings is 1. The van der Waals surface area contributed by atoms with Crippen LogP contribution < -0.4 is 7.42 Å². The Hall–Kier alpha value is -0.900. The van der Waals surface area contributed by atoms with Crippen LogP contribution in [0.4, 0.5) is 11.4 Å². The molecule has 25 heavy (non-hydrogen) atoms. The molecule has 0 unspecified atom stereocenters. The van der Waals surface area contributed by atoms with Crippen molar-refractivity contribution >= 4 is 67.4 Å². The van der Waals surface area contributed by atoms with Crippen molar-refractivity contribution in [3.8, 4) is 0 Å². The summed E-state index contributed by atoms with van der Waals surface area (Å²) in [5, 5.41) is 0. The van der Waals surface area contributed by atoms with Gasteiger partial charge in [-0.15, -0.1) is 0 Å². The highest BCUT2D eigenvalue weighted by atomic mass is 79.9. The van der Waals surface area contributed by atoms with Gasteiger partial charge >= 0.3 is 0 Å². The predicted molar refractivity (Wildman–Crippen MR) is 98.5 cm³/mol. The minimum absolute atomic E-state index is 0.0644. The van der Waals surface area contributed by atoms with Gasteiger partial charge in [-0.25, -0.2) is 33.7 Å². The number of hydrogen-bond acceptors (Lipinski definition) is 8.